The molecule has 1 aliphatic rings. The lowest BCUT2D eigenvalue weighted by Gasteiger charge is -2.08. The molecule has 1 aromatic heterocycles. The van der Waals surface area contributed by atoms with Gasteiger partial charge in [-0.3, -0.25) is 4.79 Å². The van der Waals surface area contributed by atoms with Gasteiger partial charge < -0.3 is 24.1 Å². The Balaban J connectivity index is 1.33. The number of carbonyl (C=O) groups is 1. The number of nitrogens with one attached hydrogen (secondary N) is 1. The molecule has 0 unspecified atom stereocenters. The SMILES string of the molecule is Cc1nc(-c2ccc(OCC(=O)Nc3ccc4c(c3)OCO4)cc2)no1. The molecule has 132 valence electrons. The van der Waals surface area contributed by atoms with Crippen LogP contribution in [-0.2, 0) is 4.79 Å². The van der Waals surface area contributed by atoms with E-state index in [1.165, 1.54) is 0 Å². The molecule has 0 saturated heterocycles. The summed E-state index contributed by atoms with van der Waals surface area (Å²) in [6, 6.07) is 12.3. The van der Waals surface area contributed by atoms with Gasteiger partial charge in [-0.15, -0.1) is 0 Å². The van der Waals surface area contributed by atoms with Crippen molar-refractivity contribution < 1.29 is 23.5 Å². The molecule has 1 amide bonds. The fraction of sp³-hybridized carbons (Fsp3) is 0.167. The van der Waals surface area contributed by atoms with Crippen LogP contribution < -0.4 is 19.5 Å². The summed E-state index contributed by atoms with van der Waals surface area (Å²) < 4.78 is 21.0. The predicted molar refractivity (Wildman–Crippen MR) is 91.2 cm³/mol. The third-order valence-corrected chi connectivity index (χ3v) is 3.67. The van der Waals surface area contributed by atoms with Crippen LogP contribution in [0.2, 0.25) is 0 Å². The van der Waals surface area contributed by atoms with E-state index in [1.807, 2.05) is 0 Å². The summed E-state index contributed by atoms with van der Waals surface area (Å²) >= 11 is 0. The first-order chi connectivity index (χ1) is 12.7. The van der Waals surface area contributed by atoms with Gasteiger partial charge in [-0.05, 0) is 36.4 Å². The van der Waals surface area contributed by atoms with E-state index in [2.05, 4.69) is 15.5 Å². The lowest BCUT2D eigenvalue weighted by atomic mass is 10.2. The number of carbonyl (C=O) groups excluding carboxylic acids is 1. The first-order valence-corrected chi connectivity index (χ1v) is 7.90. The van der Waals surface area contributed by atoms with Crippen molar-refractivity contribution in [1.29, 1.82) is 0 Å². The van der Waals surface area contributed by atoms with Crippen LogP contribution in [0.5, 0.6) is 17.2 Å². The Morgan fingerprint density at radius 3 is 2.73 bits per heavy atom. The van der Waals surface area contributed by atoms with Crippen LogP contribution in [0.3, 0.4) is 0 Å². The fourth-order valence-electron chi connectivity index (χ4n) is 2.44. The summed E-state index contributed by atoms with van der Waals surface area (Å²) in [6.45, 7) is 1.80. The maximum absolute atomic E-state index is 12.0. The van der Waals surface area contributed by atoms with Crippen molar-refractivity contribution in [2.24, 2.45) is 0 Å². The molecule has 0 atom stereocenters. The Bertz CT molecular complexity index is 936. The summed E-state index contributed by atoms with van der Waals surface area (Å²) in [4.78, 5) is 16.2. The smallest absolute Gasteiger partial charge is 0.262 e. The fourth-order valence-corrected chi connectivity index (χ4v) is 2.44. The molecule has 3 aromatic rings. The molecule has 0 aliphatic carbocycles. The highest BCUT2D eigenvalue weighted by Gasteiger charge is 2.14. The molecule has 1 aliphatic heterocycles. The normalized spacial score (nSPS) is 12.0. The van der Waals surface area contributed by atoms with Crippen molar-refractivity contribution in [2.45, 2.75) is 6.92 Å². The highest BCUT2D eigenvalue weighted by Crippen LogP contribution is 2.34. The third kappa shape index (κ3) is 3.44. The van der Waals surface area contributed by atoms with Crippen LogP contribution >= 0.6 is 0 Å². The minimum atomic E-state index is -0.276. The summed E-state index contributed by atoms with van der Waals surface area (Å²) in [5, 5.41) is 6.60. The van der Waals surface area contributed by atoms with Crippen molar-refractivity contribution in [1.82, 2.24) is 10.1 Å². The molecule has 26 heavy (non-hydrogen) atoms. The second kappa shape index (κ2) is 6.75. The number of nitrogens with zero attached hydrogens (tertiary/aromatic N) is 2. The number of anilines is 1. The summed E-state index contributed by atoms with van der Waals surface area (Å²) in [6.07, 6.45) is 0. The van der Waals surface area contributed by atoms with Gasteiger partial charge in [0.15, 0.2) is 18.1 Å². The lowest BCUT2D eigenvalue weighted by Crippen LogP contribution is -2.20. The van der Waals surface area contributed by atoms with Gasteiger partial charge in [0.25, 0.3) is 5.91 Å². The number of rotatable bonds is 5. The average Bonchev–Trinajstić information content (AvgIpc) is 3.29. The van der Waals surface area contributed by atoms with Crippen LogP contribution in [0, 0.1) is 6.92 Å². The van der Waals surface area contributed by atoms with Gasteiger partial charge in [0.1, 0.15) is 5.75 Å². The molecule has 4 rings (SSSR count). The van der Waals surface area contributed by atoms with Gasteiger partial charge in [0, 0.05) is 24.2 Å². The summed E-state index contributed by atoms with van der Waals surface area (Å²) in [5.74, 6) is 2.57. The van der Waals surface area contributed by atoms with E-state index in [9.17, 15) is 4.79 Å². The van der Waals surface area contributed by atoms with Gasteiger partial charge >= 0.3 is 0 Å². The van der Waals surface area contributed by atoms with E-state index in [-0.39, 0.29) is 19.3 Å². The van der Waals surface area contributed by atoms with E-state index >= 15 is 0 Å². The Hall–Kier alpha value is -3.55. The second-order valence-corrected chi connectivity index (χ2v) is 5.57. The number of hydrogen-bond donors (Lipinski definition) is 1. The number of fused-ring (bicyclic) bond motifs is 1. The Kier molecular flexibility index (Phi) is 4.14. The first kappa shape index (κ1) is 15.9. The van der Waals surface area contributed by atoms with Crippen molar-refractivity contribution in [3.63, 3.8) is 0 Å². The largest absolute Gasteiger partial charge is 0.484 e. The summed E-state index contributed by atoms with van der Waals surface area (Å²) in [5.41, 5.74) is 1.42. The molecule has 8 nitrogen and oxygen atoms in total. The number of aromatic nitrogens is 2. The molecule has 0 spiro atoms. The van der Waals surface area contributed by atoms with Crippen molar-refractivity contribution in [2.75, 3.05) is 18.7 Å². The molecule has 0 saturated carbocycles. The van der Waals surface area contributed by atoms with Crippen LogP contribution in [0.1, 0.15) is 5.89 Å². The topological polar surface area (TPSA) is 95.7 Å². The minimum Gasteiger partial charge on any atom is -0.484 e. The molecule has 2 aromatic carbocycles. The molecular formula is C18H15N3O5. The quantitative estimate of drug-likeness (QED) is 0.753. The molecular weight excluding hydrogens is 338 g/mol. The van der Waals surface area contributed by atoms with Crippen LogP contribution in [0.25, 0.3) is 11.4 Å². The predicted octanol–water partition coefficient (Wildman–Crippen LogP) is 2.79. The lowest BCUT2D eigenvalue weighted by molar-refractivity contribution is -0.118. The van der Waals surface area contributed by atoms with Gasteiger partial charge in [-0.1, -0.05) is 5.16 Å². The third-order valence-electron chi connectivity index (χ3n) is 3.67. The second-order valence-electron chi connectivity index (χ2n) is 5.57. The zero-order valence-electron chi connectivity index (χ0n) is 13.9. The number of aryl methyl sites for hydroxylation is 1. The van der Waals surface area contributed by atoms with Gasteiger partial charge in [-0.2, -0.15) is 4.98 Å². The van der Waals surface area contributed by atoms with Crippen LogP contribution in [0.4, 0.5) is 5.69 Å². The number of ether oxygens (including phenoxy) is 3. The maximum atomic E-state index is 12.0. The van der Waals surface area contributed by atoms with E-state index in [0.717, 1.165) is 5.56 Å². The molecule has 1 N–H and O–H groups in total. The van der Waals surface area contributed by atoms with Crippen molar-refractivity contribution in [3.8, 4) is 28.6 Å². The number of hydrogen-bond acceptors (Lipinski definition) is 7. The monoisotopic (exact) mass is 353 g/mol. The highest BCUT2D eigenvalue weighted by atomic mass is 16.7. The van der Waals surface area contributed by atoms with Gasteiger partial charge in [0.2, 0.25) is 18.5 Å². The highest BCUT2D eigenvalue weighted by molar-refractivity contribution is 5.92. The standard InChI is InChI=1S/C18H15N3O5/c1-11-19-18(21-26-11)12-2-5-14(6-3-12)23-9-17(22)20-13-4-7-15-16(8-13)25-10-24-15/h2-8H,9-10H2,1H3,(H,20,22). The molecule has 0 fully saturated rings. The Morgan fingerprint density at radius 1 is 1.15 bits per heavy atom. The maximum Gasteiger partial charge on any atom is 0.262 e. The van der Waals surface area contributed by atoms with E-state index < -0.39 is 0 Å². The zero-order valence-corrected chi connectivity index (χ0v) is 13.9. The molecule has 8 heteroatoms. The van der Waals surface area contributed by atoms with Crippen LogP contribution in [-0.4, -0.2) is 29.4 Å². The first-order valence-electron chi connectivity index (χ1n) is 7.90. The molecule has 0 radical (unpaired) electrons. The average molecular weight is 353 g/mol. The van der Waals surface area contributed by atoms with Crippen molar-refractivity contribution in [3.05, 3.63) is 48.4 Å². The number of amides is 1. The summed E-state index contributed by atoms with van der Waals surface area (Å²) in [7, 11) is 0. The Labute approximate surface area is 148 Å². The van der Waals surface area contributed by atoms with Gasteiger partial charge in [-0.25, -0.2) is 0 Å². The van der Waals surface area contributed by atoms with E-state index in [0.29, 0.717) is 34.7 Å². The Morgan fingerprint density at radius 2 is 1.96 bits per heavy atom. The van der Waals surface area contributed by atoms with Crippen LogP contribution in [0.15, 0.2) is 47.0 Å². The molecule has 2 heterocycles. The molecule has 0 bridgehead atoms. The van der Waals surface area contributed by atoms with E-state index in [1.54, 1.807) is 49.4 Å². The minimum absolute atomic E-state index is 0.116. The van der Waals surface area contributed by atoms with Gasteiger partial charge in [0.05, 0.1) is 0 Å². The van der Waals surface area contributed by atoms with E-state index in [4.69, 9.17) is 18.7 Å². The zero-order chi connectivity index (χ0) is 17.9. The number of benzene rings is 2. The van der Waals surface area contributed by atoms with Crippen molar-refractivity contribution >= 4 is 11.6 Å².